The fraction of sp³-hybridized carbons (Fsp3) is 0.400. The molecule has 0 radical (unpaired) electrons. The second-order valence-electron chi connectivity index (χ2n) is 4.93. The average Bonchev–Trinajstić information content (AvgIpc) is 2.84. The molecule has 1 aromatic heterocycles. The smallest absolute Gasteiger partial charge is 0.253 e. The van der Waals surface area contributed by atoms with Gasteiger partial charge in [-0.15, -0.1) is 0 Å². The van der Waals surface area contributed by atoms with E-state index in [4.69, 9.17) is 4.74 Å². The minimum Gasteiger partial charge on any atom is -0.377 e. The summed E-state index contributed by atoms with van der Waals surface area (Å²) in [5, 5.41) is 1.05. The van der Waals surface area contributed by atoms with Crippen molar-refractivity contribution in [2.45, 2.75) is 20.0 Å². The second kappa shape index (κ2) is 5.89. The Hall–Kier alpha value is -1.81. The molecule has 0 aliphatic carbocycles. The van der Waals surface area contributed by atoms with E-state index in [1.165, 1.54) is 0 Å². The molecule has 0 bridgehead atoms. The molecule has 1 heterocycles. The third-order valence-corrected chi connectivity index (χ3v) is 3.02. The van der Waals surface area contributed by atoms with Crippen LogP contribution in [0.4, 0.5) is 0 Å². The molecule has 2 aromatic rings. The zero-order valence-electron chi connectivity index (χ0n) is 11.6. The van der Waals surface area contributed by atoms with Crippen LogP contribution >= 0.6 is 0 Å². The number of hydrogen-bond acceptors (Lipinski definition) is 2. The van der Waals surface area contributed by atoms with E-state index in [0.29, 0.717) is 18.7 Å². The maximum atomic E-state index is 12.2. The maximum Gasteiger partial charge on any atom is 0.253 e. The van der Waals surface area contributed by atoms with Gasteiger partial charge in [-0.3, -0.25) is 4.79 Å². The summed E-state index contributed by atoms with van der Waals surface area (Å²) < 4.78 is 5.46. The number of aromatic nitrogens is 1. The summed E-state index contributed by atoms with van der Waals surface area (Å²) >= 11 is 0. The number of likely N-dealkylation sites (N-methyl/N-ethyl adjacent to an activating group) is 1. The number of benzene rings is 1. The monoisotopic (exact) mass is 260 g/mol. The second-order valence-corrected chi connectivity index (χ2v) is 4.93. The maximum absolute atomic E-state index is 12.2. The highest BCUT2D eigenvalue weighted by atomic mass is 16.5. The van der Waals surface area contributed by atoms with Crippen molar-refractivity contribution in [2.75, 3.05) is 20.2 Å². The van der Waals surface area contributed by atoms with Crippen molar-refractivity contribution >= 4 is 16.8 Å². The van der Waals surface area contributed by atoms with Gasteiger partial charge in [0.25, 0.3) is 5.91 Å². The summed E-state index contributed by atoms with van der Waals surface area (Å²) in [6.07, 6.45) is 2.07. The fourth-order valence-electron chi connectivity index (χ4n) is 1.93. The standard InChI is InChI=1S/C15H20N2O2/c1-11(2)19-9-8-17(3)15(18)13-4-5-14-12(10-13)6-7-16-14/h4-7,10-11,16H,8-9H2,1-3H3. The molecule has 1 amide bonds. The molecule has 4 heteroatoms. The number of ether oxygens (including phenoxy) is 1. The van der Waals surface area contributed by atoms with Gasteiger partial charge in [0.2, 0.25) is 0 Å². The van der Waals surface area contributed by atoms with Crippen LogP contribution in [0.1, 0.15) is 24.2 Å². The largest absolute Gasteiger partial charge is 0.377 e. The summed E-state index contributed by atoms with van der Waals surface area (Å²) in [7, 11) is 1.80. The Morgan fingerprint density at radius 2 is 2.16 bits per heavy atom. The lowest BCUT2D eigenvalue weighted by atomic mass is 10.1. The van der Waals surface area contributed by atoms with Gasteiger partial charge in [0, 0.05) is 36.3 Å². The van der Waals surface area contributed by atoms with Crippen molar-refractivity contribution in [2.24, 2.45) is 0 Å². The molecule has 19 heavy (non-hydrogen) atoms. The van der Waals surface area contributed by atoms with Gasteiger partial charge in [-0.05, 0) is 38.1 Å². The molecule has 0 atom stereocenters. The van der Waals surface area contributed by atoms with Gasteiger partial charge in [-0.2, -0.15) is 0 Å². The lowest BCUT2D eigenvalue weighted by Crippen LogP contribution is -2.30. The summed E-state index contributed by atoms with van der Waals surface area (Å²) in [5.74, 6) is 0.0236. The van der Waals surface area contributed by atoms with Crippen LogP contribution in [0, 0.1) is 0 Å². The summed E-state index contributed by atoms with van der Waals surface area (Å²) in [6.45, 7) is 5.14. The van der Waals surface area contributed by atoms with Gasteiger partial charge in [-0.1, -0.05) is 0 Å². The molecule has 0 saturated carbocycles. The van der Waals surface area contributed by atoms with Gasteiger partial charge >= 0.3 is 0 Å². The molecule has 0 saturated heterocycles. The molecular weight excluding hydrogens is 240 g/mol. The number of rotatable bonds is 5. The molecule has 0 fully saturated rings. The van der Waals surface area contributed by atoms with Crippen molar-refractivity contribution in [1.82, 2.24) is 9.88 Å². The van der Waals surface area contributed by atoms with Crippen LogP contribution in [0.2, 0.25) is 0 Å². The third-order valence-electron chi connectivity index (χ3n) is 3.02. The van der Waals surface area contributed by atoms with Crippen LogP contribution in [-0.4, -0.2) is 42.1 Å². The number of carbonyl (C=O) groups excluding carboxylic acids is 1. The fourth-order valence-corrected chi connectivity index (χ4v) is 1.93. The first kappa shape index (κ1) is 13.6. The highest BCUT2D eigenvalue weighted by molar-refractivity contribution is 5.97. The van der Waals surface area contributed by atoms with E-state index in [2.05, 4.69) is 4.98 Å². The van der Waals surface area contributed by atoms with Crippen molar-refractivity contribution in [3.05, 3.63) is 36.0 Å². The molecule has 0 unspecified atom stereocenters. The third kappa shape index (κ3) is 3.35. The summed E-state index contributed by atoms with van der Waals surface area (Å²) in [5.41, 5.74) is 1.75. The molecule has 1 aromatic carbocycles. The van der Waals surface area contributed by atoms with Gasteiger partial charge in [0.15, 0.2) is 0 Å². The highest BCUT2D eigenvalue weighted by Gasteiger charge is 2.12. The molecule has 1 N–H and O–H groups in total. The molecule has 0 aliphatic rings. The first-order chi connectivity index (χ1) is 9.08. The SMILES string of the molecule is CC(C)OCCN(C)C(=O)c1ccc2[nH]ccc2c1. The van der Waals surface area contributed by atoms with E-state index in [0.717, 1.165) is 10.9 Å². The van der Waals surface area contributed by atoms with Crippen molar-refractivity contribution in [3.8, 4) is 0 Å². The van der Waals surface area contributed by atoms with Gasteiger partial charge < -0.3 is 14.6 Å². The zero-order valence-corrected chi connectivity index (χ0v) is 11.6. The van der Waals surface area contributed by atoms with Crippen LogP contribution in [-0.2, 0) is 4.74 Å². The van der Waals surface area contributed by atoms with Gasteiger partial charge in [0.1, 0.15) is 0 Å². The van der Waals surface area contributed by atoms with Crippen LogP contribution in [0.3, 0.4) is 0 Å². The topological polar surface area (TPSA) is 45.3 Å². The Morgan fingerprint density at radius 1 is 1.37 bits per heavy atom. The van der Waals surface area contributed by atoms with E-state index in [1.807, 2.05) is 44.3 Å². The number of amides is 1. The van der Waals surface area contributed by atoms with Gasteiger partial charge in [0.05, 0.1) is 12.7 Å². The predicted octanol–water partition coefficient (Wildman–Crippen LogP) is 2.66. The number of hydrogen-bond donors (Lipinski definition) is 1. The molecule has 4 nitrogen and oxygen atoms in total. The Bertz CT molecular complexity index is 560. The van der Waals surface area contributed by atoms with Crippen LogP contribution in [0.25, 0.3) is 10.9 Å². The van der Waals surface area contributed by atoms with Crippen LogP contribution < -0.4 is 0 Å². The van der Waals surface area contributed by atoms with E-state index < -0.39 is 0 Å². The quantitative estimate of drug-likeness (QED) is 0.898. The first-order valence-electron chi connectivity index (χ1n) is 6.52. The Morgan fingerprint density at radius 3 is 2.89 bits per heavy atom. The van der Waals surface area contributed by atoms with Crippen molar-refractivity contribution in [1.29, 1.82) is 0 Å². The van der Waals surface area contributed by atoms with Gasteiger partial charge in [-0.25, -0.2) is 0 Å². The molecule has 102 valence electrons. The zero-order chi connectivity index (χ0) is 13.8. The van der Waals surface area contributed by atoms with E-state index in [9.17, 15) is 4.79 Å². The Labute approximate surface area is 113 Å². The normalized spacial score (nSPS) is 11.2. The van der Waals surface area contributed by atoms with Crippen LogP contribution in [0.5, 0.6) is 0 Å². The van der Waals surface area contributed by atoms with E-state index >= 15 is 0 Å². The molecular formula is C15H20N2O2. The van der Waals surface area contributed by atoms with Crippen molar-refractivity contribution < 1.29 is 9.53 Å². The number of aromatic amines is 1. The number of carbonyl (C=O) groups is 1. The number of fused-ring (bicyclic) bond motifs is 1. The summed E-state index contributed by atoms with van der Waals surface area (Å²) in [6, 6.07) is 7.66. The lowest BCUT2D eigenvalue weighted by Gasteiger charge is -2.18. The Kier molecular flexibility index (Phi) is 4.22. The van der Waals surface area contributed by atoms with Crippen molar-refractivity contribution in [3.63, 3.8) is 0 Å². The minimum atomic E-state index is 0.0236. The minimum absolute atomic E-state index is 0.0236. The molecule has 2 rings (SSSR count). The Balaban J connectivity index is 2.01. The highest BCUT2D eigenvalue weighted by Crippen LogP contribution is 2.15. The van der Waals surface area contributed by atoms with E-state index in [-0.39, 0.29) is 12.0 Å². The predicted molar refractivity (Wildman–Crippen MR) is 76.3 cm³/mol. The average molecular weight is 260 g/mol. The number of nitrogens with one attached hydrogen (secondary N) is 1. The molecule has 0 spiro atoms. The lowest BCUT2D eigenvalue weighted by molar-refractivity contribution is 0.0532. The number of nitrogens with zero attached hydrogens (tertiary/aromatic N) is 1. The molecule has 0 aliphatic heterocycles. The van der Waals surface area contributed by atoms with E-state index in [1.54, 1.807) is 11.9 Å². The summed E-state index contributed by atoms with van der Waals surface area (Å²) in [4.78, 5) is 17.1. The first-order valence-corrected chi connectivity index (χ1v) is 6.52. The number of H-pyrrole nitrogens is 1. The van der Waals surface area contributed by atoms with Crippen LogP contribution in [0.15, 0.2) is 30.5 Å².